The van der Waals surface area contributed by atoms with E-state index in [2.05, 4.69) is 15.4 Å². The van der Waals surface area contributed by atoms with Crippen molar-refractivity contribution in [2.45, 2.75) is 25.5 Å². The van der Waals surface area contributed by atoms with Crippen LogP contribution in [0, 0.1) is 0 Å². The first-order valence-corrected chi connectivity index (χ1v) is 7.05. The van der Waals surface area contributed by atoms with Crippen LogP contribution >= 0.6 is 0 Å². The summed E-state index contributed by atoms with van der Waals surface area (Å²) in [6, 6.07) is 3.86. The van der Waals surface area contributed by atoms with Gasteiger partial charge in [-0.2, -0.15) is 5.10 Å². The molecule has 1 amide bonds. The number of nitrogens with one attached hydrogen (secondary N) is 1. The minimum absolute atomic E-state index is 0.0350. The maximum Gasteiger partial charge on any atom is 0.249 e. The number of rotatable bonds is 4. The molecule has 0 radical (unpaired) electrons. The quantitative estimate of drug-likeness (QED) is 0.919. The molecule has 0 bridgehead atoms. The van der Waals surface area contributed by atoms with Crippen molar-refractivity contribution in [2.24, 2.45) is 7.05 Å². The van der Waals surface area contributed by atoms with E-state index in [-0.39, 0.29) is 12.0 Å². The standard InChI is InChI=1S/C15H18N4O2/c1-19-10-12(9-18-19)13-7-11(4-5-16-13)8-17-15(20)14-3-2-6-21-14/h4-5,7,9-10,14H,2-3,6,8H2,1H3,(H,17,20)/t14-/m0/s1. The van der Waals surface area contributed by atoms with Crippen LogP contribution in [0.5, 0.6) is 0 Å². The van der Waals surface area contributed by atoms with Crippen LogP contribution in [0.25, 0.3) is 11.3 Å². The van der Waals surface area contributed by atoms with Crippen molar-refractivity contribution in [1.29, 1.82) is 0 Å². The van der Waals surface area contributed by atoms with Gasteiger partial charge < -0.3 is 10.1 Å². The van der Waals surface area contributed by atoms with Gasteiger partial charge in [0.2, 0.25) is 5.91 Å². The van der Waals surface area contributed by atoms with Crippen LogP contribution in [0.4, 0.5) is 0 Å². The van der Waals surface area contributed by atoms with Gasteiger partial charge in [0.25, 0.3) is 0 Å². The summed E-state index contributed by atoms with van der Waals surface area (Å²) in [5, 5.41) is 7.05. The van der Waals surface area contributed by atoms with Crippen molar-refractivity contribution in [1.82, 2.24) is 20.1 Å². The van der Waals surface area contributed by atoms with Crippen LogP contribution in [0.15, 0.2) is 30.7 Å². The topological polar surface area (TPSA) is 69.0 Å². The van der Waals surface area contributed by atoms with Crippen molar-refractivity contribution < 1.29 is 9.53 Å². The van der Waals surface area contributed by atoms with Crippen molar-refractivity contribution in [3.05, 3.63) is 36.3 Å². The molecule has 6 heteroatoms. The monoisotopic (exact) mass is 286 g/mol. The first-order valence-electron chi connectivity index (χ1n) is 7.05. The van der Waals surface area contributed by atoms with Crippen LogP contribution in [0.3, 0.4) is 0 Å². The molecule has 0 aliphatic carbocycles. The Balaban J connectivity index is 1.64. The lowest BCUT2D eigenvalue weighted by Gasteiger charge is -2.10. The minimum atomic E-state index is -0.287. The Kier molecular flexibility index (Phi) is 3.96. The molecule has 0 aromatic carbocycles. The normalized spacial score (nSPS) is 17.9. The van der Waals surface area contributed by atoms with Gasteiger partial charge in [0, 0.05) is 38.2 Å². The first-order chi connectivity index (χ1) is 10.2. The zero-order valence-corrected chi connectivity index (χ0v) is 12.0. The van der Waals surface area contributed by atoms with E-state index in [1.807, 2.05) is 25.4 Å². The van der Waals surface area contributed by atoms with E-state index in [4.69, 9.17) is 4.74 Å². The molecule has 1 aliphatic heterocycles. The molecule has 3 heterocycles. The smallest absolute Gasteiger partial charge is 0.249 e. The third kappa shape index (κ3) is 3.28. The maximum absolute atomic E-state index is 11.9. The summed E-state index contributed by atoms with van der Waals surface area (Å²) in [5.41, 5.74) is 2.83. The van der Waals surface area contributed by atoms with Crippen molar-refractivity contribution in [3.8, 4) is 11.3 Å². The summed E-state index contributed by atoms with van der Waals surface area (Å²) in [7, 11) is 1.87. The van der Waals surface area contributed by atoms with E-state index >= 15 is 0 Å². The Bertz CT molecular complexity index is 632. The van der Waals surface area contributed by atoms with E-state index < -0.39 is 0 Å². The molecular formula is C15H18N4O2. The summed E-state index contributed by atoms with van der Waals surface area (Å²) >= 11 is 0. The second-order valence-electron chi connectivity index (χ2n) is 5.17. The second kappa shape index (κ2) is 6.05. The van der Waals surface area contributed by atoms with Crippen LogP contribution in [-0.4, -0.2) is 33.4 Å². The highest BCUT2D eigenvalue weighted by atomic mass is 16.5. The van der Waals surface area contributed by atoms with Gasteiger partial charge >= 0.3 is 0 Å². The van der Waals surface area contributed by atoms with Crippen molar-refractivity contribution in [2.75, 3.05) is 6.61 Å². The highest BCUT2D eigenvalue weighted by molar-refractivity contribution is 5.80. The summed E-state index contributed by atoms with van der Waals surface area (Å²) in [4.78, 5) is 16.2. The number of carbonyl (C=O) groups is 1. The molecule has 2 aromatic heterocycles. The number of aryl methyl sites for hydroxylation is 1. The highest BCUT2D eigenvalue weighted by Gasteiger charge is 2.22. The van der Waals surface area contributed by atoms with Crippen LogP contribution in [0.2, 0.25) is 0 Å². The number of hydrogen-bond donors (Lipinski definition) is 1. The highest BCUT2D eigenvalue weighted by Crippen LogP contribution is 2.17. The Morgan fingerprint density at radius 2 is 2.48 bits per heavy atom. The number of hydrogen-bond acceptors (Lipinski definition) is 4. The molecule has 0 unspecified atom stereocenters. The predicted octanol–water partition coefficient (Wildman–Crippen LogP) is 1.28. The Morgan fingerprint density at radius 3 is 3.19 bits per heavy atom. The van der Waals surface area contributed by atoms with Gasteiger partial charge in [-0.3, -0.25) is 14.5 Å². The lowest BCUT2D eigenvalue weighted by Crippen LogP contribution is -2.33. The number of ether oxygens (including phenoxy) is 1. The molecule has 21 heavy (non-hydrogen) atoms. The summed E-state index contributed by atoms with van der Waals surface area (Å²) < 4.78 is 7.10. The van der Waals surface area contributed by atoms with Gasteiger partial charge in [0.15, 0.2) is 0 Å². The van der Waals surface area contributed by atoms with Crippen LogP contribution in [0.1, 0.15) is 18.4 Å². The SMILES string of the molecule is Cn1cc(-c2cc(CNC(=O)[C@@H]3CCCO3)ccn2)cn1. The molecule has 1 aliphatic rings. The zero-order chi connectivity index (χ0) is 14.7. The molecule has 1 N–H and O–H groups in total. The van der Waals surface area contributed by atoms with E-state index in [0.717, 1.165) is 29.7 Å². The molecule has 0 saturated carbocycles. The van der Waals surface area contributed by atoms with Gasteiger partial charge in [-0.15, -0.1) is 0 Å². The molecule has 1 saturated heterocycles. The summed E-state index contributed by atoms with van der Waals surface area (Å²) in [6.07, 6.45) is 6.91. The number of nitrogens with zero attached hydrogens (tertiary/aromatic N) is 3. The lowest BCUT2D eigenvalue weighted by atomic mass is 10.1. The second-order valence-corrected chi connectivity index (χ2v) is 5.17. The largest absolute Gasteiger partial charge is 0.368 e. The fourth-order valence-corrected chi connectivity index (χ4v) is 2.38. The van der Waals surface area contributed by atoms with Crippen molar-refractivity contribution in [3.63, 3.8) is 0 Å². The fourth-order valence-electron chi connectivity index (χ4n) is 2.38. The fraction of sp³-hybridized carbons (Fsp3) is 0.400. The molecule has 2 aromatic rings. The molecule has 110 valence electrons. The Morgan fingerprint density at radius 1 is 1.57 bits per heavy atom. The summed E-state index contributed by atoms with van der Waals surface area (Å²) in [6.45, 7) is 1.16. The number of pyridine rings is 1. The molecule has 1 fully saturated rings. The zero-order valence-electron chi connectivity index (χ0n) is 12.0. The van der Waals surface area contributed by atoms with Crippen molar-refractivity contribution >= 4 is 5.91 Å². The Hall–Kier alpha value is -2.21. The van der Waals surface area contributed by atoms with Crippen LogP contribution < -0.4 is 5.32 Å². The number of aromatic nitrogens is 3. The number of carbonyl (C=O) groups excluding carboxylic acids is 1. The van der Waals surface area contributed by atoms with Gasteiger partial charge in [0.1, 0.15) is 6.10 Å². The van der Waals surface area contributed by atoms with Gasteiger partial charge in [-0.05, 0) is 30.5 Å². The van der Waals surface area contributed by atoms with Crippen LogP contribution in [-0.2, 0) is 23.1 Å². The average molecular weight is 286 g/mol. The van der Waals surface area contributed by atoms with E-state index in [1.165, 1.54) is 0 Å². The third-order valence-electron chi connectivity index (χ3n) is 3.51. The molecule has 0 spiro atoms. The van der Waals surface area contributed by atoms with E-state index in [1.54, 1.807) is 17.1 Å². The van der Waals surface area contributed by atoms with E-state index in [0.29, 0.717) is 13.2 Å². The maximum atomic E-state index is 11.9. The molecular weight excluding hydrogens is 268 g/mol. The molecule has 1 atom stereocenters. The Labute approximate surface area is 123 Å². The lowest BCUT2D eigenvalue weighted by molar-refractivity contribution is -0.130. The summed E-state index contributed by atoms with van der Waals surface area (Å²) in [5.74, 6) is -0.0350. The predicted molar refractivity (Wildman–Crippen MR) is 77.3 cm³/mol. The first kappa shape index (κ1) is 13.8. The third-order valence-corrected chi connectivity index (χ3v) is 3.51. The number of amides is 1. The van der Waals surface area contributed by atoms with Gasteiger partial charge in [-0.25, -0.2) is 0 Å². The van der Waals surface area contributed by atoms with E-state index in [9.17, 15) is 4.79 Å². The minimum Gasteiger partial charge on any atom is -0.368 e. The van der Waals surface area contributed by atoms with Gasteiger partial charge in [0.05, 0.1) is 11.9 Å². The average Bonchev–Trinajstić information content (AvgIpc) is 3.16. The molecule has 6 nitrogen and oxygen atoms in total. The molecule has 3 rings (SSSR count). The van der Waals surface area contributed by atoms with Gasteiger partial charge in [-0.1, -0.05) is 0 Å².